The van der Waals surface area contributed by atoms with E-state index in [4.69, 9.17) is 4.74 Å². The molecule has 0 aliphatic rings. The molecule has 2 rings (SSSR count). The van der Waals surface area contributed by atoms with E-state index in [-0.39, 0.29) is 18.0 Å². The summed E-state index contributed by atoms with van der Waals surface area (Å²) in [5.41, 5.74) is 0.0495. The number of amides is 1. The third kappa shape index (κ3) is 4.52. The van der Waals surface area contributed by atoms with E-state index in [0.717, 1.165) is 7.11 Å². The Kier molecular flexibility index (Phi) is 5.65. The Morgan fingerprint density at radius 2 is 1.96 bits per heavy atom. The fourth-order valence-corrected chi connectivity index (χ4v) is 1.75. The summed E-state index contributed by atoms with van der Waals surface area (Å²) in [5, 5.41) is 11.9. The van der Waals surface area contributed by atoms with Crippen LogP contribution in [-0.4, -0.2) is 41.7 Å². The van der Waals surface area contributed by atoms with Crippen molar-refractivity contribution in [2.45, 2.75) is 6.10 Å². The number of nitrogens with zero attached hydrogens (tertiary/aromatic N) is 1. The molecule has 1 amide bonds. The first-order valence-electron chi connectivity index (χ1n) is 6.84. The van der Waals surface area contributed by atoms with Crippen molar-refractivity contribution in [2.24, 2.45) is 0 Å². The van der Waals surface area contributed by atoms with Gasteiger partial charge in [0.1, 0.15) is 5.75 Å². The first-order valence-corrected chi connectivity index (χ1v) is 6.84. The molecule has 120 valence electrons. The number of rotatable bonds is 6. The van der Waals surface area contributed by atoms with E-state index in [1.807, 2.05) is 6.07 Å². The van der Waals surface area contributed by atoms with Gasteiger partial charge >= 0.3 is 5.97 Å². The molecule has 1 aromatic heterocycles. The van der Waals surface area contributed by atoms with Gasteiger partial charge in [0.2, 0.25) is 0 Å². The molecule has 0 spiro atoms. The number of aromatic nitrogens is 1. The van der Waals surface area contributed by atoms with Crippen molar-refractivity contribution in [3.05, 3.63) is 54.4 Å². The molecule has 0 bridgehead atoms. The summed E-state index contributed by atoms with van der Waals surface area (Å²) >= 11 is 0. The molecule has 1 aromatic carbocycles. The van der Waals surface area contributed by atoms with E-state index in [9.17, 15) is 14.7 Å². The lowest BCUT2D eigenvalue weighted by Gasteiger charge is -2.12. The highest BCUT2D eigenvalue weighted by Crippen LogP contribution is 2.23. The number of pyridine rings is 1. The Bertz CT molecular complexity index is 675. The van der Waals surface area contributed by atoms with Gasteiger partial charge in [-0.25, -0.2) is 9.78 Å². The zero-order valence-electron chi connectivity index (χ0n) is 12.4. The summed E-state index contributed by atoms with van der Waals surface area (Å²) in [6.07, 6.45) is 0.00917. The number of hydrogen-bond acceptors (Lipinski definition) is 6. The Hall–Kier alpha value is -2.93. The molecular weight excluding hydrogens is 300 g/mol. The second-order valence-electron chi connectivity index (χ2n) is 4.51. The number of nitrogens with one attached hydrogen (secondary N) is 1. The summed E-state index contributed by atoms with van der Waals surface area (Å²) in [5.74, 6) is -0.570. The second kappa shape index (κ2) is 7.90. The van der Waals surface area contributed by atoms with E-state index >= 15 is 0 Å². The van der Waals surface area contributed by atoms with Crippen LogP contribution >= 0.6 is 0 Å². The molecule has 7 nitrogen and oxygen atoms in total. The second-order valence-corrected chi connectivity index (χ2v) is 4.51. The monoisotopic (exact) mass is 316 g/mol. The van der Waals surface area contributed by atoms with E-state index in [0.29, 0.717) is 5.75 Å². The minimum Gasteiger partial charge on any atom is -0.467 e. The van der Waals surface area contributed by atoms with E-state index in [2.05, 4.69) is 15.0 Å². The van der Waals surface area contributed by atoms with Crippen molar-refractivity contribution >= 4 is 11.9 Å². The van der Waals surface area contributed by atoms with Crippen LogP contribution < -0.4 is 10.1 Å². The normalized spacial score (nSPS) is 11.4. The number of esters is 1. The first-order chi connectivity index (χ1) is 11.1. The molecule has 0 radical (unpaired) electrons. The number of para-hydroxylation sites is 1. The molecule has 0 saturated carbocycles. The van der Waals surface area contributed by atoms with Gasteiger partial charge in [0, 0.05) is 6.20 Å². The maximum atomic E-state index is 12.2. The van der Waals surface area contributed by atoms with Crippen molar-refractivity contribution in [3.63, 3.8) is 0 Å². The number of ether oxygens (including phenoxy) is 2. The summed E-state index contributed by atoms with van der Waals surface area (Å²) in [4.78, 5) is 27.2. The van der Waals surface area contributed by atoms with Gasteiger partial charge in [-0.2, -0.15) is 0 Å². The summed E-state index contributed by atoms with van der Waals surface area (Å²) in [6, 6.07) is 12.2. The molecule has 7 heteroatoms. The molecule has 1 heterocycles. The minimum absolute atomic E-state index is 0.0495. The number of carbonyl (C=O) groups is 2. The van der Waals surface area contributed by atoms with Crippen LogP contribution in [0.5, 0.6) is 11.5 Å². The Balaban J connectivity index is 2.07. The number of carbonyl (C=O) groups excluding carboxylic acids is 2. The summed E-state index contributed by atoms with van der Waals surface area (Å²) < 4.78 is 10.0. The summed E-state index contributed by atoms with van der Waals surface area (Å²) in [7, 11) is 1.15. The van der Waals surface area contributed by atoms with Gasteiger partial charge in [-0.1, -0.05) is 18.2 Å². The molecule has 0 unspecified atom stereocenters. The van der Waals surface area contributed by atoms with Crippen LogP contribution in [0.2, 0.25) is 0 Å². The predicted octanol–water partition coefficient (Wildman–Crippen LogP) is 1.14. The number of aliphatic hydroxyl groups is 1. The third-order valence-corrected chi connectivity index (χ3v) is 2.89. The number of hydrogen-bond donors (Lipinski definition) is 2. The topological polar surface area (TPSA) is 97.8 Å². The largest absolute Gasteiger partial charge is 0.467 e. The predicted molar refractivity (Wildman–Crippen MR) is 81.1 cm³/mol. The molecule has 23 heavy (non-hydrogen) atoms. The van der Waals surface area contributed by atoms with E-state index in [1.54, 1.807) is 36.4 Å². The van der Waals surface area contributed by atoms with Gasteiger partial charge in [0.25, 0.3) is 5.91 Å². The zero-order chi connectivity index (χ0) is 16.7. The van der Waals surface area contributed by atoms with Crippen molar-refractivity contribution in [1.82, 2.24) is 10.3 Å². The zero-order valence-corrected chi connectivity index (χ0v) is 12.4. The Labute approximate surface area is 132 Å². The number of aliphatic hydroxyl groups excluding tert-OH is 1. The lowest BCUT2D eigenvalue weighted by molar-refractivity contribution is -0.149. The minimum atomic E-state index is -1.44. The summed E-state index contributed by atoms with van der Waals surface area (Å²) in [6.45, 7) is -0.285. The Morgan fingerprint density at radius 3 is 2.65 bits per heavy atom. The third-order valence-electron chi connectivity index (χ3n) is 2.89. The molecule has 2 aromatic rings. The highest BCUT2D eigenvalue weighted by atomic mass is 16.5. The van der Waals surface area contributed by atoms with Crippen molar-refractivity contribution in [3.8, 4) is 11.5 Å². The SMILES string of the molecule is COC(=O)[C@H](O)CNC(=O)c1ncccc1Oc1ccccc1. The first kappa shape index (κ1) is 16.4. The fraction of sp³-hybridized carbons (Fsp3) is 0.188. The molecule has 2 N–H and O–H groups in total. The molecule has 0 aliphatic heterocycles. The molecule has 0 fully saturated rings. The van der Waals surface area contributed by atoms with Gasteiger partial charge < -0.3 is 19.9 Å². The van der Waals surface area contributed by atoms with Crippen LogP contribution in [0.25, 0.3) is 0 Å². The average molecular weight is 316 g/mol. The lowest BCUT2D eigenvalue weighted by Crippen LogP contribution is -2.37. The van der Waals surface area contributed by atoms with Crippen LogP contribution in [0.1, 0.15) is 10.5 Å². The van der Waals surface area contributed by atoms with Gasteiger partial charge in [0.15, 0.2) is 17.5 Å². The van der Waals surface area contributed by atoms with Crippen molar-refractivity contribution in [1.29, 1.82) is 0 Å². The highest BCUT2D eigenvalue weighted by Gasteiger charge is 2.19. The van der Waals surface area contributed by atoms with Crippen LogP contribution in [-0.2, 0) is 9.53 Å². The van der Waals surface area contributed by atoms with Gasteiger partial charge in [-0.3, -0.25) is 4.79 Å². The molecule has 0 aliphatic carbocycles. The van der Waals surface area contributed by atoms with Crippen molar-refractivity contribution < 1.29 is 24.2 Å². The fourth-order valence-electron chi connectivity index (χ4n) is 1.75. The lowest BCUT2D eigenvalue weighted by atomic mass is 10.3. The van der Waals surface area contributed by atoms with Crippen LogP contribution in [0, 0.1) is 0 Å². The molecular formula is C16H16N2O5. The number of methoxy groups -OCH3 is 1. The van der Waals surface area contributed by atoms with Crippen molar-refractivity contribution in [2.75, 3.05) is 13.7 Å². The highest BCUT2D eigenvalue weighted by molar-refractivity contribution is 5.95. The maximum absolute atomic E-state index is 12.2. The molecule has 0 saturated heterocycles. The average Bonchev–Trinajstić information content (AvgIpc) is 2.60. The van der Waals surface area contributed by atoms with E-state index in [1.165, 1.54) is 6.20 Å². The Morgan fingerprint density at radius 1 is 1.22 bits per heavy atom. The van der Waals surface area contributed by atoms with Gasteiger partial charge in [0.05, 0.1) is 13.7 Å². The van der Waals surface area contributed by atoms with Crippen LogP contribution in [0.4, 0.5) is 0 Å². The van der Waals surface area contributed by atoms with Crippen LogP contribution in [0.15, 0.2) is 48.7 Å². The van der Waals surface area contributed by atoms with E-state index < -0.39 is 18.0 Å². The quantitative estimate of drug-likeness (QED) is 0.776. The van der Waals surface area contributed by atoms with Crippen LogP contribution in [0.3, 0.4) is 0 Å². The molecule has 1 atom stereocenters. The smallest absolute Gasteiger partial charge is 0.336 e. The maximum Gasteiger partial charge on any atom is 0.336 e. The number of benzene rings is 1. The van der Waals surface area contributed by atoms with Gasteiger partial charge in [-0.05, 0) is 24.3 Å². The standard InChI is InChI=1S/C16H16N2O5/c1-22-16(21)12(19)10-18-15(20)14-13(8-5-9-17-14)23-11-6-3-2-4-7-11/h2-9,12,19H,10H2,1H3,(H,18,20)/t12-/m1/s1. The van der Waals surface area contributed by atoms with Gasteiger partial charge in [-0.15, -0.1) is 0 Å².